The summed E-state index contributed by atoms with van der Waals surface area (Å²) < 4.78 is 11.7. The van der Waals surface area contributed by atoms with Crippen LogP contribution in [0.15, 0.2) is 41.1 Å². The first kappa shape index (κ1) is 21.3. The van der Waals surface area contributed by atoms with E-state index in [2.05, 4.69) is 18.2 Å². The van der Waals surface area contributed by atoms with Crippen molar-refractivity contribution in [2.75, 3.05) is 6.61 Å². The van der Waals surface area contributed by atoms with Gasteiger partial charge in [0.05, 0.1) is 36.1 Å². The molecule has 154 valence electrons. The number of hydrogen-bond acceptors (Lipinski definition) is 6. The van der Waals surface area contributed by atoms with Crippen LogP contribution >= 0.6 is 0 Å². The molecular weight excluding hydrogens is 376 g/mol. The first-order valence-corrected chi connectivity index (χ1v) is 10.3. The van der Waals surface area contributed by atoms with Crippen molar-refractivity contribution in [3.8, 4) is 29.7 Å². The van der Waals surface area contributed by atoms with Crippen LogP contribution in [0.1, 0.15) is 51.5 Å². The Hall–Kier alpha value is -3.43. The van der Waals surface area contributed by atoms with Crippen LogP contribution in [0.25, 0.3) is 0 Å². The molecule has 2 aliphatic carbocycles. The Morgan fingerprint density at radius 1 is 1.20 bits per heavy atom. The third-order valence-corrected chi connectivity index (χ3v) is 5.79. The van der Waals surface area contributed by atoms with E-state index in [1.165, 1.54) is 0 Å². The molecule has 0 fully saturated rings. The lowest BCUT2D eigenvalue weighted by molar-refractivity contribution is 0.223. The fourth-order valence-electron chi connectivity index (χ4n) is 4.59. The van der Waals surface area contributed by atoms with Crippen molar-refractivity contribution < 1.29 is 9.47 Å². The summed E-state index contributed by atoms with van der Waals surface area (Å²) in [5.74, 6) is 0.560. The molecule has 6 heteroatoms. The van der Waals surface area contributed by atoms with Crippen molar-refractivity contribution in [1.29, 1.82) is 15.8 Å². The fraction of sp³-hybridized carbons (Fsp3) is 0.458. The molecule has 2 atom stereocenters. The van der Waals surface area contributed by atoms with Crippen LogP contribution < -0.4 is 15.2 Å². The Morgan fingerprint density at radius 2 is 1.93 bits per heavy atom. The molecule has 0 unspecified atom stereocenters. The molecule has 3 rings (SSSR count). The Bertz CT molecular complexity index is 1000. The van der Waals surface area contributed by atoms with Crippen molar-refractivity contribution in [3.05, 3.63) is 46.7 Å². The molecular formula is C24H26N4O2. The highest BCUT2D eigenvalue weighted by molar-refractivity contribution is 5.60. The maximum atomic E-state index is 10.1. The van der Waals surface area contributed by atoms with E-state index in [-0.39, 0.29) is 23.3 Å². The Morgan fingerprint density at radius 3 is 2.53 bits per heavy atom. The van der Waals surface area contributed by atoms with Gasteiger partial charge in [-0.15, -0.1) is 0 Å². The molecule has 0 aromatic heterocycles. The highest BCUT2D eigenvalue weighted by atomic mass is 16.5. The molecule has 0 saturated heterocycles. The lowest BCUT2D eigenvalue weighted by atomic mass is 9.57. The normalized spacial score (nSPS) is 22.2. The SMILES string of the molecule is CCOc1cc([C@H]2[C@H]3CCCC=C3C(C#N)=C(N)C2(C#N)C#N)ccc1OC(C)C. The van der Waals surface area contributed by atoms with Crippen molar-refractivity contribution >= 4 is 0 Å². The van der Waals surface area contributed by atoms with Gasteiger partial charge in [0.2, 0.25) is 0 Å². The maximum absolute atomic E-state index is 10.1. The van der Waals surface area contributed by atoms with Gasteiger partial charge in [-0.25, -0.2) is 0 Å². The fourth-order valence-corrected chi connectivity index (χ4v) is 4.59. The van der Waals surface area contributed by atoms with Crippen LogP contribution in [0.4, 0.5) is 0 Å². The van der Waals surface area contributed by atoms with Gasteiger partial charge in [-0.3, -0.25) is 0 Å². The molecule has 0 amide bonds. The van der Waals surface area contributed by atoms with Gasteiger partial charge < -0.3 is 15.2 Å². The van der Waals surface area contributed by atoms with Crippen molar-refractivity contribution in [2.24, 2.45) is 17.1 Å². The Kier molecular flexibility index (Phi) is 6.04. The minimum atomic E-state index is -1.62. The van der Waals surface area contributed by atoms with Crippen LogP contribution in [0.5, 0.6) is 11.5 Å². The number of benzene rings is 1. The number of nitriles is 3. The second-order valence-corrected chi connectivity index (χ2v) is 7.91. The molecule has 1 aromatic carbocycles. The molecule has 2 aliphatic rings. The zero-order valence-electron chi connectivity index (χ0n) is 17.6. The zero-order valence-corrected chi connectivity index (χ0v) is 17.6. The first-order chi connectivity index (χ1) is 14.4. The third kappa shape index (κ3) is 3.38. The van der Waals surface area contributed by atoms with Gasteiger partial charge in [0.15, 0.2) is 16.9 Å². The molecule has 2 N–H and O–H groups in total. The molecule has 6 nitrogen and oxygen atoms in total. The summed E-state index contributed by atoms with van der Waals surface area (Å²) in [4.78, 5) is 0. The predicted molar refractivity (Wildman–Crippen MR) is 112 cm³/mol. The summed E-state index contributed by atoms with van der Waals surface area (Å²) >= 11 is 0. The topological polar surface area (TPSA) is 116 Å². The second-order valence-electron chi connectivity index (χ2n) is 7.91. The lowest BCUT2D eigenvalue weighted by Gasteiger charge is -2.43. The van der Waals surface area contributed by atoms with Crippen molar-refractivity contribution in [3.63, 3.8) is 0 Å². The quantitative estimate of drug-likeness (QED) is 0.777. The van der Waals surface area contributed by atoms with Gasteiger partial charge in [0, 0.05) is 5.92 Å². The van der Waals surface area contributed by atoms with Crippen LogP contribution in [0.2, 0.25) is 0 Å². The third-order valence-electron chi connectivity index (χ3n) is 5.79. The van der Waals surface area contributed by atoms with Crippen LogP contribution in [-0.2, 0) is 0 Å². The van der Waals surface area contributed by atoms with E-state index in [0.29, 0.717) is 18.1 Å². The number of allylic oxidation sites excluding steroid dienone is 4. The molecule has 0 spiro atoms. The lowest BCUT2D eigenvalue weighted by Crippen LogP contribution is -2.42. The van der Waals surface area contributed by atoms with Gasteiger partial charge in [-0.2, -0.15) is 15.8 Å². The summed E-state index contributed by atoms with van der Waals surface area (Å²) in [6.45, 7) is 6.23. The summed E-state index contributed by atoms with van der Waals surface area (Å²) in [6, 6.07) is 12.0. The monoisotopic (exact) mass is 402 g/mol. The smallest absolute Gasteiger partial charge is 0.191 e. The second kappa shape index (κ2) is 8.52. The standard InChI is InChI=1S/C24H26N4O2/c1-4-29-21-11-16(9-10-20(21)30-15(2)3)22-18-8-6-5-7-17(18)19(12-25)23(28)24(22,13-26)14-27/h7,9-11,15,18,22H,4-6,8,28H2,1-3H3/t18-,22-/m0/s1. The summed E-state index contributed by atoms with van der Waals surface area (Å²) in [5, 5.41) is 30.0. The number of nitrogens with two attached hydrogens (primary N) is 1. The largest absolute Gasteiger partial charge is 0.490 e. The van der Waals surface area contributed by atoms with E-state index in [1.807, 2.05) is 45.0 Å². The zero-order chi connectivity index (χ0) is 21.9. The van der Waals surface area contributed by atoms with E-state index in [9.17, 15) is 15.8 Å². The maximum Gasteiger partial charge on any atom is 0.191 e. The van der Waals surface area contributed by atoms with Gasteiger partial charge >= 0.3 is 0 Å². The van der Waals surface area contributed by atoms with E-state index in [1.54, 1.807) is 0 Å². The Balaban J connectivity index is 2.24. The molecule has 30 heavy (non-hydrogen) atoms. The van der Waals surface area contributed by atoms with Gasteiger partial charge in [0.1, 0.15) is 6.07 Å². The first-order valence-electron chi connectivity index (χ1n) is 10.3. The highest BCUT2D eigenvalue weighted by Gasteiger charge is 2.53. The predicted octanol–water partition coefficient (Wildman–Crippen LogP) is 4.47. The number of nitrogens with zero attached hydrogens (tertiary/aromatic N) is 3. The molecule has 0 bridgehead atoms. The number of fused-ring (bicyclic) bond motifs is 1. The molecule has 0 heterocycles. The minimum Gasteiger partial charge on any atom is -0.490 e. The van der Waals surface area contributed by atoms with Crippen LogP contribution in [0.3, 0.4) is 0 Å². The minimum absolute atomic E-state index is 0.0216. The van der Waals surface area contributed by atoms with Crippen molar-refractivity contribution in [2.45, 2.75) is 52.1 Å². The van der Waals surface area contributed by atoms with E-state index in [4.69, 9.17) is 15.2 Å². The van der Waals surface area contributed by atoms with Crippen molar-refractivity contribution in [1.82, 2.24) is 0 Å². The number of hydrogen-bond donors (Lipinski definition) is 1. The van der Waals surface area contributed by atoms with E-state index >= 15 is 0 Å². The molecule has 1 aromatic rings. The average molecular weight is 402 g/mol. The number of rotatable bonds is 5. The van der Waals surface area contributed by atoms with Gasteiger partial charge in [-0.05, 0) is 69.2 Å². The highest BCUT2D eigenvalue weighted by Crippen LogP contribution is 2.56. The van der Waals surface area contributed by atoms with Gasteiger partial charge in [-0.1, -0.05) is 12.1 Å². The average Bonchev–Trinajstić information content (AvgIpc) is 2.74. The molecule has 0 aliphatic heterocycles. The van der Waals surface area contributed by atoms with E-state index < -0.39 is 11.3 Å². The Labute approximate surface area is 177 Å². The van der Waals surface area contributed by atoms with E-state index in [0.717, 1.165) is 30.4 Å². The summed E-state index contributed by atoms with van der Waals surface area (Å²) in [5.41, 5.74) is 6.69. The van der Waals surface area contributed by atoms with Crippen LogP contribution in [-0.4, -0.2) is 12.7 Å². The van der Waals surface area contributed by atoms with Gasteiger partial charge in [0.25, 0.3) is 0 Å². The molecule has 0 saturated carbocycles. The van der Waals surface area contributed by atoms with Crippen LogP contribution in [0, 0.1) is 45.3 Å². The summed E-state index contributed by atoms with van der Waals surface area (Å²) in [6.07, 6.45) is 4.59. The summed E-state index contributed by atoms with van der Waals surface area (Å²) in [7, 11) is 0. The molecule has 0 radical (unpaired) electrons. The number of ether oxygens (including phenoxy) is 2.